The van der Waals surface area contributed by atoms with Crippen LogP contribution in [0.3, 0.4) is 0 Å². The minimum atomic E-state index is -4.45. The Kier molecular flexibility index (Phi) is 3.83. The fourth-order valence-corrected chi connectivity index (χ4v) is 2.79. The lowest BCUT2D eigenvalue weighted by molar-refractivity contribution is -0.138. The van der Waals surface area contributed by atoms with E-state index in [0.29, 0.717) is 27.7 Å². The monoisotopic (exact) mass is 333 g/mol. The van der Waals surface area contributed by atoms with E-state index in [9.17, 15) is 23.1 Å². The molecule has 0 saturated carbocycles. The van der Waals surface area contributed by atoms with Gasteiger partial charge in [0.1, 0.15) is 0 Å². The highest BCUT2D eigenvalue weighted by atomic mass is 19.4. The molecule has 0 unspecified atom stereocenters. The molecule has 1 aromatic heterocycles. The predicted molar refractivity (Wildman–Crippen MR) is 84.8 cm³/mol. The molecule has 0 fully saturated rings. The molecule has 3 nitrogen and oxygen atoms in total. The summed E-state index contributed by atoms with van der Waals surface area (Å²) in [6, 6.07) is 10.4. The number of carboxylic acids is 1. The zero-order valence-electron chi connectivity index (χ0n) is 12.7. The van der Waals surface area contributed by atoms with Crippen LogP contribution in [0.5, 0.6) is 0 Å². The molecule has 0 amide bonds. The molecule has 3 aromatic rings. The van der Waals surface area contributed by atoms with Crippen LogP contribution >= 0.6 is 0 Å². The highest BCUT2D eigenvalue weighted by Crippen LogP contribution is 2.35. The smallest absolute Gasteiger partial charge is 0.416 e. The largest absolute Gasteiger partial charge is 0.481 e. The van der Waals surface area contributed by atoms with Gasteiger partial charge in [0, 0.05) is 10.9 Å². The molecule has 0 aliphatic rings. The summed E-state index contributed by atoms with van der Waals surface area (Å²) in [6.45, 7) is 1.88. The number of carboxylic acid groups (broad SMARTS) is 1. The van der Waals surface area contributed by atoms with Crippen LogP contribution in [0.1, 0.15) is 16.7 Å². The number of carbonyl (C=O) groups is 1. The molecule has 0 atom stereocenters. The minimum Gasteiger partial charge on any atom is -0.481 e. The maximum absolute atomic E-state index is 12.9. The van der Waals surface area contributed by atoms with Crippen molar-refractivity contribution in [3.05, 3.63) is 59.2 Å². The van der Waals surface area contributed by atoms with Crippen molar-refractivity contribution in [2.24, 2.45) is 0 Å². The maximum atomic E-state index is 12.9. The van der Waals surface area contributed by atoms with Crippen LogP contribution in [0.4, 0.5) is 13.2 Å². The Morgan fingerprint density at radius 3 is 2.58 bits per heavy atom. The zero-order chi connectivity index (χ0) is 17.5. The number of H-pyrrole nitrogens is 1. The Balaban J connectivity index is 2.24. The number of hydrogen-bond acceptors (Lipinski definition) is 1. The lowest BCUT2D eigenvalue weighted by Crippen LogP contribution is -2.05. The predicted octanol–water partition coefficient (Wildman–Crippen LogP) is 4.79. The summed E-state index contributed by atoms with van der Waals surface area (Å²) >= 11 is 0. The first kappa shape index (κ1) is 16.1. The average molecular weight is 333 g/mol. The molecule has 0 spiro atoms. The summed E-state index contributed by atoms with van der Waals surface area (Å²) in [4.78, 5) is 14.3. The Morgan fingerprint density at radius 2 is 1.92 bits per heavy atom. The molecular weight excluding hydrogens is 319 g/mol. The zero-order valence-corrected chi connectivity index (χ0v) is 12.7. The number of aliphatic carboxylic acids is 1. The topological polar surface area (TPSA) is 53.1 Å². The van der Waals surface area contributed by atoms with Gasteiger partial charge >= 0.3 is 12.1 Å². The van der Waals surface area contributed by atoms with E-state index < -0.39 is 17.7 Å². The van der Waals surface area contributed by atoms with E-state index >= 15 is 0 Å². The average Bonchev–Trinajstić information content (AvgIpc) is 2.84. The van der Waals surface area contributed by atoms with Gasteiger partial charge in [-0.05, 0) is 42.3 Å². The molecule has 3 rings (SSSR count). The molecule has 0 aliphatic carbocycles. The molecule has 0 bridgehead atoms. The molecule has 0 radical (unpaired) electrons. The van der Waals surface area contributed by atoms with Gasteiger partial charge in [-0.25, -0.2) is 0 Å². The normalized spacial score (nSPS) is 11.8. The van der Waals surface area contributed by atoms with Gasteiger partial charge in [0.05, 0.1) is 17.7 Å². The highest BCUT2D eigenvalue weighted by molar-refractivity contribution is 5.94. The summed E-state index contributed by atoms with van der Waals surface area (Å²) in [5.41, 5.74) is 2.09. The lowest BCUT2D eigenvalue weighted by Gasteiger charge is -2.09. The van der Waals surface area contributed by atoms with Crippen LogP contribution in [0, 0.1) is 6.92 Å². The molecule has 1 heterocycles. The van der Waals surface area contributed by atoms with Gasteiger partial charge in [0.2, 0.25) is 0 Å². The molecule has 24 heavy (non-hydrogen) atoms. The van der Waals surface area contributed by atoms with Gasteiger partial charge < -0.3 is 10.1 Å². The highest BCUT2D eigenvalue weighted by Gasteiger charge is 2.30. The SMILES string of the molecule is Cc1ccc2[nH]c(-c3cccc(C(F)(F)F)c3)c(CC(=O)O)c2c1. The van der Waals surface area contributed by atoms with E-state index in [1.807, 2.05) is 19.1 Å². The quantitative estimate of drug-likeness (QED) is 0.724. The van der Waals surface area contributed by atoms with Gasteiger partial charge in [0.25, 0.3) is 0 Å². The van der Waals surface area contributed by atoms with E-state index in [-0.39, 0.29) is 6.42 Å². The van der Waals surface area contributed by atoms with Gasteiger partial charge in [-0.2, -0.15) is 13.2 Å². The van der Waals surface area contributed by atoms with Crippen molar-refractivity contribution >= 4 is 16.9 Å². The number of aromatic nitrogens is 1. The molecule has 2 N–H and O–H groups in total. The Bertz CT molecular complexity index is 926. The van der Waals surface area contributed by atoms with Crippen molar-refractivity contribution in [3.8, 4) is 11.3 Å². The van der Waals surface area contributed by atoms with Crippen LogP contribution < -0.4 is 0 Å². The molecule has 0 saturated heterocycles. The second-order valence-corrected chi connectivity index (χ2v) is 5.68. The first-order valence-electron chi connectivity index (χ1n) is 7.26. The number of aromatic amines is 1. The van der Waals surface area contributed by atoms with Crippen LogP contribution in [0.2, 0.25) is 0 Å². The van der Waals surface area contributed by atoms with Crippen LogP contribution in [-0.2, 0) is 17.4 Å². The summed E-state index contributed by atoms with van der Waals surface area (Å²) in [5.74, 6) is -1.04. The minimum absolute atomic E-state index is 0.269. The fraction of sp³-hybridized carbons (Fsp3) is 0.167. The Morgan fingerprint density at radius 1 is 1.17 bits per heavy atom. The third kappa shape index (κ3) is 2.99. The van der Waals surface area contributed by atoms with Crippen LogP contribution in [0.15, 0.2) is 42.5 Å². The maximum Gasteiger partial charge on any atom is 0.416 e. The number of halogens is 3. The van der Waals surface area contributed by atoms with Crippen molar-refractivity contribution in [1.29, 1.82) is 0 Å². The lowest BCUT2D eigenvalue weighted by atomic mass is 10.0. The number of aryl methyl sites for hydroxylation is 1. The number of fused-ring (bicyclic) bond motifs is 1. The summed E-state index contributed by atoms with van der Waals surface area (Å²) in [6.07, 6.45) is -4.72. The molecule has 124 valence electrons. The van der Waals surface area contributed by atoms with Crippen molar-refractivity contribution in [1.82, 2.24) is 4.98 Å². The number of alkyl halides is 3. The van der Waals surface area contributed by atoms with E-state index in [1.165, 1.54) is 12.1 Å². The van der Waals surface area contributed by atoms with Crippen molar-refractivity contribution in [2.45, 2.75) is 19.5 Å². The first-order valence-corrected chi connectivity index (χ1v) is 7.26. The third-order valence-electron chi connectivity index (χ3n) is 3.87. The van der Waals surface area contributed by atoms with E-state index in [1.54, 1.807) is 6.07 Å². The second-order valence-electron chi connectivity index (χ2n) is 5.68. The fourth-order valence-electron chi connectivity index (χ4n) is 2.79. The van der Waals surface area contributed by atoms with Gasteiger partial charge in [0.15, 0.2) is 0 Å². The van der Waals surface area contributed by atoms with Crippen LogP contribution in [-0.4, -0.2) is 16.1 Å². The van der Waals surface area contributed by atoms with Gasteiger partial charge in [-0.3, -0.25) is 4.79 Å². The van der Waals surface area contributed by atoms with E-state index in [4.69, 9.17) is 0 Å². The van der Waals surface area contributed by atoms with Crippen molar-refractivity contribution in [2.75, 3.05) is 0 Å². The summed E-state index contributed by atoms with van der Waals surface area (Å²) < 4.78 is 38.8. The van der Waals surface area contributed by atoms with Crippen molar-refractivity contribution in [3.63, 3.8) is 0 Å². The van der Waals surface area contributed by atoms with E-state index in [0.717, 1.165) is 17.7 Å². The summed E-state index contributed by atoms with van der Waals surface area (Å²) in [5, 5.41) is 9.89. The number of nitrogens with one attached hydrogen (secondary N) is 1. The van der Waals surface area contributed by atoms with Gasteiger partial charge in [-0.1, -0.05) is 23.8 Å². The number of hydrogen-bond donors (Lipinski definition) is 2. The Hall–Kier alpha value is -2.76. The first-order chi connectivity index (χ1) is 11.3. The van der Waals surface area contributed by atoms with Crippen LogP contribution in [0.25, 0.3) is 22.2 Å². The molecular formula is C18H14F3NO2. The van der Waals surface area contributed by atoms with Gasteiger partial charge in [-0.15, -0.1) is 0 Å². The Labute approximate surface area is 135 Å². The standard InChI is InChI=1S/C18H14F3NO2/c1-10-5-6-15-13(7-10)14(9-16(23)24)17(22-15)11-3-2-4-12(8-11)18(19,20)21/h2-8,22H,9H2,1H3,(H,23,24). The number of rotatable bonds is 3. The second kappa shape index (κ2) is 5.70. The molecule has 6 heteroatoms. The van der Waals surface area contributed by atoms with E-state index in [2.05, 4.69) is 4.98 Å². The number of benzene rings is 2. The molecule has 0 aliphatic heterocycles. The van der Waals surface area contributed by atoms with Crippen molar-refractivity contribution < 1.29 is 23.1 Å². The summed E-state index contributed by atoms with van der Waals surface area (Å²) in [7, 11) is 0. The third-order valence-corrected chi connectivity index (χ3v) is 3.87. The molecule has 2 aromatic carbocycles.